The van der Waals surface area contributed by atoms with Gasteiger partial charge in [0.1, 0.15) is 16.0 Å². The van der Waals surface area contributed by atoms with Crippen LogP contribution >= 0.6 is 62.0 Å². The number of carbonyl (C=O) groups is 1. The maximum absolute atomic E-state index is 11.5. The Bertz CT molecular complexity index is 1280. The van der Waals surface area contributed by atoms with Crippen molar-refractivity contribution in [3.05, 3.63) is 43.1 Å². The highest BCUT2D eigenvalue weighted by molar-refractivity contribution is 9.11. The van der Waals surface area contributed by atoms with Gasteiger partial charge >= 0.3 is 5.97 Å². The van der Waals surface area contributed by atoms with Crippen LogP contribution in [0.5, 0.6) is 0 Å². The van der Waals surface area contributed by atoms with E-state index in [2.05, 4.69) is 15.9 Å². The van der Waals surface area contributed by atoms with E-state index in [0.29, 0.717) is 20.7 Å². The number of thiophene rings is 1. The van der Waals surface area contributed by atoms with Crippen LogP contribution in [0.3, 0.4) is 0 Å². The van der Waals surface area contributed by atoms with E-state index in [-0.39, 0.29) is 14.0 Å². The molecule has 0 fully saturated rings. The van der Waals surface area contributed by atoms with Crippen molar-refractivity contribution in [2.75, 3.05) is 10.8 Å². The zero-order valence-electron chi connectivity index (χ0n) is 14.2. The molecule has 13 heteroatoms. The zero-order valence-corrected chi connectivity index (χ0v) is 19.8. The molecule has 0 atom stereocenters. The van der Waals surface area contributed by atoms with E-state index in [0.717, 1.165) is 18.2 Å². The number of aromatic nitrogens is 1. The second kappa shape index (κ2) is 8.77. The second-order valence-corrected chi connectivity index (χ2v) is 12.5. The molecule has 4 rings (SSSR count). The SMILES string of the molecule is C.O=C(O)C[n+]1c(C=C2Sc3ccc(Cl)cc3N2CS(=O)(=O)[O-])sc2sc(Br)cc21. The Balaban J connectivity index is 0.00000256. The first-order valence-corrected chi connectivity index (χ1v) is 13.0. The van der Waals surface area contributed by atoms with Crippen LogP contribution in [0.4, 0.5) is 5.69 Å². The van der Waals surface area contributed by atoms with Crippen LogP contribution in [0.15, 0.2) is 38.0 Å². The Hall–Kier alpha value is -1.15. The normalized spacial score (nSPS) is 14.9. The van der Waals surface area contributed by atoms with Crippen LogP contribution in [0.2, 0.25) is 5.02 Å². The van der Waals surface area contributed by atoms with Gasteiger partial charge in [0.2, 0.25) is 12.1 Å². The van der Waals surface area contributed by atoms with Gasteiger partial charge in [0.05, 0.1) is 20.6 Å². The van der Waals surface area contributed by atoms with Gasteiger partial charge in [-0.2, -0.15) is 4.57 Å². The van der Waals surface area contributed by atoms with Gasteiger partial charge in [-0.25, -0.2) is 13.2 Å². The number of hydrogen-bond acceptors (Lipinski definition) is 8. The van der Waals surface area contributed by atoms with E-state index in [1.807, 2.05) is 6.07 Å². The number of hydrogen-bond donors (Lipinski definition) is 1. The van der Waals surface area contributed by atoms with Crippen LogP contribution in [-0.4, -0.2) is 29.9 Å². The number of rotatable bonds is 5. The number of aliphatic carboxylic acids is 1. The maximum Gasteiger partial charge on any atom is 0.370 e. The first-order chi connectivity index (χ1) is 13.6. The Labute approximate surface area is 198 Å². The van der Waals surface area contributed by atoms with Gasteiger partial charge in [0.15, 0.2) is 4.01 Å². The van der Waals surface area contributed by atoms with Crippen molar-refractivity contribution in [3.63, 3.8) is 0 Å². The Morgan fingerprint density at radius 3 is 2.73 bits per heavy atom. The number of benzene rings is 1. The summed E-state index contributed by atoms with van der Waals surface area (Å²) in [5, 5.41) is 10.9. The summed E-state index contributed by atoms with van der Waals surface area (Å²) in [5.41, 5.74) is 1.30. The molecule has 1 N–H and O–H groups in total. The lowest BCUT2D eigenvalue weighted by Gasteiger charge is -2.21. The highest BCUT2D eigenvalue weighted by Crippen LogP contribution is 2.48. The van der Waals surface area contributed by atoms with E-state index in [4.69, 9.17) is 11.6 Å². The molecule has 3 heterocycles. The first kappa shape index (κ1) is 23.5. The van der Waals surface area contributed by atoms with Gasteiger partial charge in [-0.1, -0.05) is 42.1 Å². The summed E-state index contributed by atoms with van der Waals surface area (Å²) >= 11 is 13.6. The van der Waals surface area contributed by atoms with E-state index in [1.165, 1.54) is 39.3 Å². The van der Waals surface area contributed by atoms with Crippen LogP contribution in [-0.2, 0) is 21.5 Å². The molecule has 160 valence electrons. The predicted octanol–water partition coefficient (Wildman–Crippen LogP) is 4.80. The topological polar surface area (TPSA) is 102 Å². The minimum absolute atomic E-state index is 0. The fraction of sp³-hybridized carbons (Fsp3) is 0.176. The molecule has 0 spiro atoms. The molecule has 0 bridgehead atoms. The predicted molar refractivity (Wildman–Crippen MR) is 124 cm³/mol. The summed E-state index contributed by atoms with van der Waals surface area (Å²) in [4.78, 5) is 13.5. The molecule has 0 saturated carbocycles. The van der Waals surface area contributed by atoms with Crippen LogP contribution in [0.1, 0.15) is 12.4 Å². The summed E-state index contributed by atoms with van der Waals surface area (Å²) < 4.78 is 37.9. The van der Waals surface area contributed by atoms with Crippen molar-refractivity contribution in [2.45, 2.75) is 18.9 Å². The monoisotopic (exact) mass is 568 g/mol. The highest BCUT2D eigenvalue weighted by atomic mass is 79.9. The van der Waals surface area contributed by atoms with Crippen molar-refractivity contribution in [1.82, 2.24) is 0 Å². The van der Waals surface area contributed by atoms with Crippen LogP contribution < -0.4 is 9.47 Å². The number of thioether (sulfide) groups is 1. The van der Waals surface area contributed by atoms with Crippen LogP contribution in [0.25, 0.3) is 15.6 Å². The van der Waals surface area contributed by atoms with E-state index >= 15 is 0 Å². The summed E-state index contributed by atoms with van der Waals surface area (Å²) in [6.07, 6.45) is 1.71. The molecule has 1 aliphatic rings. The summed E-state index contributed by atoms with van der Waals surface area (Å²) in [6, 6.07) is 6.88. The number of thiazole rings is 1. The molecule has 2 aromatic heterocycles. The third-order valence-electron chi connectivity index (χ3n) is 3.92. The highest BCUT2D eigenvalue weighted by Gasteiger charge is 2.30. The number of carboxylic acids is 1. The molecule has 0 radical (unpaired) electrons. The zero-order chi connectivity index (χ0) is 20.9. The molecular weight excluding hydrogens is 556 g/mol. The lowest BCUT2D eigenvalue weighted by atomic mass is 10.3. The van der Waals surface area contributed by atoms with Crippen molar-refractivity contribution in [1.29, 1.82) is 0 Å². The molecule has 1 aromatic carbocycles. The third-order valence-corrected chi connectivity index (χ3v) is 8.71. The first-order valence-electron chi connectivity index (χ1n) is 7.84. The fourth-order valence-electron chi connectivity index (χ4n) is 2.85. The molecule has 0 saturated heterocycles. The van der Waals surface area contributed by atoms with Crippen molar-refractivity contribution >= 4 is 99.3 Å². The number of fused-ring (bicyclic) bond motifs is 2. The smallest absolute Gasteiger partial charge is 0.370 e. The van der Waals surface area contributed by atoms with E-state index in [9.17, 15) is 22.9 Å². The largest absolute Gasteiger partial charge is 0.747 e. The average molecular weight is 570 g/mol. The summed E-state index contributed by atoms with van der Waals surface area (Å²) in [7, 11) is -4.56. The third kappa shape index (κ3) is 4.85. The minimum Gasteiger partial charge on any atom is -0.747 e. The Morgan fingerprint density at radius 2 is 2.07 bits per heavy atom. The van der Waals surface area contributed by atoms with Crippen molar-refractivity contribution in [2.24, 2.45) is 0 Å². The summed E-state index contributed by atoms with van der Waals surface area (Å²) in [5.74, 6) is -1.74. The molecule has 30 heavy (non-hydrogen) atoms. The molecule has 0 aliphatic carbocycles. The molecule has 3 aromatic rings. The van der Waals surface area contributed by atoms with Gasteiger partial charge in [0.25, 0.3) is 5.01 Å². The van der Waals surface area contributed by atoms with Gasteiger partial charge in [0, 0.05) is 16.0 Å². The molecule has 0 amide bonds. The maximum atomic E-state index is 11.5. The average Bonchev–Trinajstić information content (AvgIpc) is 3.20. The Morgan fingerprint density at radius 1 is 1.33 bits per heavy atom. The lowest BCUT2D eigenvalue weighted by molar-refractivity contribution is -0.657. The second-order valence-electron chi connectivity index (χ2n) is 5.95. The standard InChI is InChI=1S/C16H10BrClN2O5S4.CH4/c17-12-4-10-16(27-12)28-13(19(10)6-15(21)22)5-14-20(7-29(23,24)25)9-3-8(18)1-2-11(9)26-14;/h1-5H,6-7H2,(H-,21,22,23,24,25);1H4. The quantitative estimate of drug-likeness (QED) is 0.348. The molecular formula is C17H14BrClN2O5S4. The number of anilines is 1. The van der Waals surface area contributed by atoms with Gasteiger partial charge in [-0.05, 0) is 34.1 Å². The molecule has 1 aliphatic heterocycles. The van der Waals surface area contributed by atoms with Gasteiger partial charge in [-0.3, -0.25) is 0 Å². The Kier molecular flexibility index (Phi) is 6.87. The van der Waals surface area contributed by atoms with Gasteiger partial charge < -0.3 is 14.6 Å². The van der Waals surface area contributed by atoms with E-state index < -0.39 is 22.0 Å². The van der Waals surface area contributed by atoms with Gasteiger partial charge in [-0.15, -0.1) is 11.3 Å². The molecule has 7 nitrogen and oxygen atoms in total. The molecule has 0 unspecified atom stereocenters. The number of carboxylic acid groups (broad SMARTS) is 1. The van der Waals surface area contributed by atoms with Crippen molar-refractivity contribution < 1.29 is 27.4 Å². The number of nitrogens with zero attached hydrogens (tertiary/aromatic N) is 2. The number of halogens is 2. The summed E-state index contributed by atoms with van der Waals surface area (Å²) in [6.45, 7) is -0.244. The van der Waals surface area contributed by atoms with Crippen molar-refractivity contribution in [3.8, 4) is 0 Å². The lowest BCUT2D eigenvalue weighted by Crippen LogP contribution is -2.39. The minimum atomic E-state index is -4.56. The fourth-order valence-corrected chi connectivity index (χ4v) is 8.09. The van der Waals surface area contributed by atoms with E-state index in [1.54, 1.807) is 28.8 Å². The van der Waals surface area contributed by atoms with Crippen LogP contribution in [0, 0.1) is 0 Å².